The molecule has 1 unspecified atom stereocenters. The summed E-state index contributed by atoms with van der Waals surface area (Å²) in [6, 6.07) is 0. The first-order valence-electron chi connectivity index (χ1n) is 17.5. The van der Waals surface area contributed by atoms with Gasteiger partial charge in [-0.15, -0.1) is 0 Å². The number of unbranched alkanes of at least 4 members (excludes halogenated alkanes) is 8. The fourth-order valence-electron chi connectivity index (χ4n) is 4.24. The normalized spacial score (nSPS) is 12.2. The summed E-state index contributed by atoms with van der Waals surface area (Å²) in [6.07, 6.45) is 14.4. The molecular formula is C34H68O10. The molecule has 0 aromatic rings. The minimum absolute atomic E-state index is 0.00345. The summed E-state index contributed by atoms with van der Waals surface area (Å²) < 4.78 is 49.3. The maximum absolute atomic E-state index is 12.0. The first-order chi connectivity index (χ1) is 21.8. The van der Waals surface area contributed by atoms with Gasteiger partial charge in [0, 0.05) is 6.61 Å². The van der Waals surface area contributed by atoms with Crippen molar-refractivity contribution in [2.45, 2.75) is 97.8 Å². The van der Waals surface area contributed by atoms with Crippen LogP contribution in [0.5, 0.6) is 0 Å². The highest BCUT2D eigenvalue weighted by Crippen LogP contribution is 2.14. The number of hydrogen-bond donors (Lipinski definition) is 0. The monoisotopic (exact) mass is 636 g/mol. The van der Waals surface area contributed by atoms with Crippen LogP contribution in [-0.4, -0.2) is 118 Å². The Labute approximate surface area is 269 Å². The Kier molecular flexibility index (Phi) is 37.6. The number of rotatable bonds is 38. The summed E-state index contributed by atoms with van der Waals surface area (Å²) in [6.45, 7) is 15.4. The van der Waals surface area contributed by atoms with Gasteiger partial charge in [-0.3, -0.25) is 4.79 Å². The van der Waals surface area contributed by atoms with Crippen molar-refractivity contribution in [1.82, 2.24) is 0 Å². The van der Waals surface area contributed by atoms with E-state index in [1.54, 1.807) is 0 Å². The summed E-state index contributed by atoms with van der Waals surface area (Å²) in [4.78, 5) is 12.0. The van der Waals surface area contributed by atoms with Crippen LogP contribution in [0.4, 0.5) is 0 Å². The van der Waals surface area contributed by atoms with Gasteiger partial charge in [0.05, 0.1) is 105 Å². The fourth-order valence-corrected chi connectivity index (χ4v) is 4.24. The molecule has 0 fully saturated rings. The molecule has 0 aliphatic carbocycles. The summed E-state index contributed by atoms with van der Waals surface area (Å²) in [5.41, 5.74) is 0. The zero-order valence-corrected chi connectivity index (χ0v) is 28.7. The molecule has 0 N–H and O–H groups in total. The van der Waals surface area contributed by atoms with Crippen LogP contribution < -0.4 is 0 Å². The predicted molar refractivity (Wildman–Crippen MR) is 173 cm³/mol. The van der Waals surface area contributed by atoms with Gasteiger partial charge in [-0.1, -0.05) is 78.6 Å². The molecule has 0 spiro atoms. The van der Waals surface area contributed by atoms with Crippen molar-refractivity contribution < 1.29 is 47.4 Å². The second-order valence-electron chi connectivity index (χ2n) is 10.8. The Bertz CT molecular complexity index is 552. The second kappa shape index (κ2) is 38.3. The molecule has 0 aromatic carbocycles. The smallest absolute Gasteiger partial charge is 0.308 e. The van der Waals surface area contributed by atoms with Gasteiger partial charge in [0.25, 0.3) is 0 Å². The van der Waals surface area contributed by atoms with E-state index in [0.717, 1.165) is 38.7 Å². The molecule has 0 bridgehead atoms. The van der Waals surface area contributed by atoms with Crippen LogP contribution in [0, 0.1) is 5.92 Å². The molecule has 0 saturated heterocycles. The highest BCUT2D eigenvalue weighted by molar-refractivity contribution is 5.72. The van der Waals surface area contributed by atoms with Crippen molar-refractivity contribution in [1.29, 1.82) is 0 Å². The minimum Gasteiger partial charge on any atom is -0.463 e. The predicted octanol–water partition coefficient (Wildman–Crippen LogP) is 6.02. The molecule has 10 heteroatoms. The van der Waals surface area contributed by atoms with Crippen molar-refractivity contribution >= 4 is 5.97 Å². The molecule has 0 aromatic heterocycles. The van der Waals surface area contributed by atoms with E-state index in [-0.39, 0.29) is 18.5 Å². The lowest BCUT2D eigenvalue weighted by molar-refractivity contribution is -0.150. The summed E-state index contributed by atoms with van der Waals surface area (Å²) in [7, 11) is 0. The van der Waals surface area contributed by atoms with Crippen LogP contribution >= 0.6 is 0 Å². The van der Waals surface area contributed by atoms with E-state index in [4.69, 9.17) is 42.6 Å². The maximum Gasteiger partial charge on any atom is 0.308 e. The Balaban J connectivity index is 3.14. The molecular weight excluding hydrogens is 568 g/mol. The Morgan fingerprint density at radius 2 is 0.705 bits per heavy atom. The lowest BCUT2D eigenvalue weighted by atomic mass is 10.00. The fraction of sp³-hybridized carbons (Fsp3) is 0.971. The van der Waals surface area contributed by atoms with Crippen LogP contribution in [0.25, 0.3) is 0 Å². The molecule has 0 rings (SSSR count). The average molecular weight is 637 g/mol. The minimum atomic E-state index is -0.113. The number of esters is 1. The molecule has 0 aliphatic heterocycles. The van der Waals surface area contributed by atoms with Gasteiger partial charge in [0.2, 0.25) is 0 Å². The first kappa shape index (κ1) is 43.1. The number of hydrogen-bond acceptors (Lipinski definition) is 10. The van der Waals surface area contributed by atoms with Crippen LogP contribution in [0.1, 0.15) is 97.8 Å². The zero-order valence-electron chi connectivity index (χ0n) is 28.7. The van der Waals surface area contributed by atoms with E-state index in [2.05, 4.69) is 13.8 Å². The Morgan fingerprint density at radius 3 is 1.07 bits per heavy atom. The zero-order chi connectivity index (χ0) is 32.0. The van der Waals surface area contributed by atoms with Gasteiger partial charge in [-0.2, -0.15) is 0 Å². The Hall–Kier alpha value is -0.850. The van der Waals surface area contributed by atoms with Crippen molar-refractivity contribution in [3.63, 3.8) is 0 Å². The van der Waals surface area contributed by atoms with Crippen LogP contribution in [-0.2, 0) is 47.4 Å². The third-order valence-electron chi connectivity index (χ3n) is 6.95. The van der Waals surface area contributed by atoms with Crippen molar-refractivity contribution in [3.8, 4) is 0 Å². The van der Waals surface area contributed by atoms with Gasteiger partial charge in [-0.25, -0.2) is 0 Å². The highest BCUT2D eigenvalue weighted by atomic mass is 16.6. The molecule has 0 radical (unpaired) electrons. The summed E-state index contributed by atoms with van der Waals surface area (Å²) in [5, 5.41) is 0. The molecule has 1 atom stereocenters. The summed E-state index contributed by atoms with van der Waals surface area (Å²) >= 11 is 0. The third-order valence-corrected chi connectivity index (χ3v) is 6.95. The topological polar surface area (TPSA) is 100 Å². The quantitative estimate of drug-likeness (QED) is 0.0591. The van der Waals surface area contributed by atoms with E-state index in [9.17, 15) is 4.79 Å². The van der Waals surface area contributed by atoms with Crippen molar-refractivity contribution in [2.24, 2.45) is 5.92 Å². The van der Waals surface area contributed by atoms with Gasteiger partial charge in [0.15, 0.2) is 0 Å². The largest absolute Gasteiger partial charge is 0.463 e. The summed E-state index contributed by atoms with van der Waals surface area (Å²) in [5.74, 6) is -0.110. The molecule has 0 aliphatic rings. The number of carbonyl (C=O) groups is 1. The maximum atomic E-state index is 12.0. The first-order valence-corrected chi connectivity index (χ1v) is 17.5. The molecule has 0 heterocycles. The third kappa shape index (κ3) is 34.0. The lowest BCUT2D eigenvalue weighted by Gasteiger charge is -2.13. The molecule has 264 valence electrons. The van der Waals surface area contributed by atoms with Gasteiger partial charge in [0.1, 0.15) is 6.61 Å². The van der Waals surface area contributed by atoms with E-state index < -0.39 is 0 Å². The lowest BCUT2D eigenvalue weighted by Crippen LogP contribution is -2.20. The SMILES string of the molecule is CCCCCCCCCCOCCOCCOCCOCCOCCOCCOCCOCCOC(=O)C(CC)CCCC. The molecule has 10 nitrogen and oxygen atoms in total. The van der Waals surface area contributed by atoms with Gasteiger partial charge < -0.3 is 42.6 Å². The molecule has 44 heavy (non-hydrogen) atoms. The van der Waals surface area contributed by atoms with Gasteiger partial charge >= 0.3 is 5.97 Å². The average Bonchev–Trinajstić information content (AvgIpc) is 3.03. The van der Waals surface area contributed by atoms with Crippen molar-refractivity contribution in [3.05, 3.63) is 0 Å². The van der Waals surface area contributed by atoms with Crippen molar-refractivity contribution in [2.75, 3.05) is 112 Å². The second-order valence-corrected chi connectivity index (χ2v) is 10.8. The van der Waals surface area contributed by atoms with E-state index >= 15 is 0 Å². The molecule has 0 saturated carbocycles. The highest BCUT2D eigenvalue weighted by Gasteiger charge is 2.16. The van der Waals surface area contributed by atoms with E-state index in [1.165, 1.54) is 44.9 Å². The van der Waals surface area contributed by atoms with Crippen LogP contribution in [0.3, 0.4) is 0 Å². The van der Waals surface area contributed by atoms with E-state index in [1.807, 2.05) is 6.92 Å². The molecule has 0 amide bonds. The number of carbonyl (C=O) groups excluding carboxylic acids is 1. The standard InChI is InChI=1S/C34H68O10/c1-4-7-9-10-11-12-13-14-16-36-17-18-37-19-20-38-21-22-39-23-24-40-25-26-41-27-28-42-29-30-43-31-32-44-34(35)33(6-3)15-8-5-2/h33H,4-32H2,1-3H3. The van der Waals surface area contributed by atoms with E-state index in [0.29, 0.717) is 99.1 Å². The van der Waals surface area contributed by atoms with Gasteiger partial charge in [-0.05, 0) is 19.3 Å². The van der Waals surface area contributed by atoms with Crippen LogP contribution in [0.2, 0.25) is 0 Å². The van der Waals surface area contributed by atoms with Crippen LogP contribution in [0.15, 0.2) is 0 Å². The number of ether oxygens (including phenoxy) is 9. The Morgan fingerprint density at radius 1 is 0.386 bits per heavy atom.